The maximum absolute atomic E-state index is 9.45. The van der Waals surface area contributed by atoms with E-state index in [-0.39, 0.29) is 6.61 Å². The highest BCUT2D eigenvalue weighted by atomic mass is 32.3. The van der Waals surface area contributed by atoms with Crippen molar-refractivity contribution >= 4 is 16.4 Å². The first-order valence-corrected chi connectivity index (χ1v) is 9.82. The van der Waals surface area contributed by atoms with Crippen LogP contribution in [0.4, 0.5) is 0 Å². The molecule has 0 heterocycles. The third-order valence-corrected chi connectivity index (χ3v) is 2.95. The van der Waals surface area contributed by atoms with Gasteiger partial charge in [0.25, 0.3) is 0 Å². The second kappa shape index (κ2) is 25.0. The van der Waals surface area contributed by atoms with Crippen molar-refractivity contribution < 1.29 is 38.5 Å². The Bertz CT molecular complexity index is 491. The first-order valence-electron chi connectivity index (χ1n) is 8.48. The minimum absolute atomic E-state index is 0.0914. The Labute approximate surface area is 169 Å². The van der Waals surface area contributed by atoms with E-state index in [1.165, 1.54) is 6.92 Å². The molecule has 0 atom stereocenters. The van der Waals surface area contributed by atoms with Gasteiger partial charge in [0.05, 0.1) is 24.7 Å². The molecule has 0 bridgehead atoms. The molecule has 0 rings (SSSR count). The lowest BCUT2D eigenvalue weighted by molar-refractivity contribution is -0.417. The summed E-state index contributed by atoms with van der Waals surface area (Å²) in [6.45, 7) is 18.7. The second-order valence-electron chi connectivity index (χ2n) is 5.17. The molecule has 0 aromatic heterocycles. The van der Waals surface area contributed by atoms with E-state index >= 15 is 0 Å². The average Bonchev–Trinajstić information content (AvgIpc) is 2.56. The van der Waals surface area contributed by atoms with Gasteiger partial charge in [-0.1, -0.05) is 30.9 Å². The van der Waals surface area contributed by atoms with Crippen molar-refractivity contribution in [1.29, 1.82) is 0 Å². The highest BCUT2D eigenvalue weighted by Crippen LogP contribution is 1.92. The fourth-order valence-corrected chi connectivity index (χ4v) is 1.57. The normalized spacial score (nSPS) is 9.36. The van der Waals surface area contributed by atoms with E-state index < -0.39 is 16.4 Å². The van der Waals surface area contributed by atoms with Crippen molar-refractivity contribution in [3.05, 3.63) is 63.3 Å². The standard InChI is InChI=1S/2C7H13N.C3H4O2.C2H6O4S/c2*1-3-5-7(8)6-4-2;1-2-3(4)5;1-2-6-7(3,4)5/h2*3-4,7H,1-2,5-6,8H2;2H,1H2,(H,4,5);2H2,1H3,(H,3,4,5). The number of rotatable bonds is 11. The second-order valence-corrected chi connectivity index (χ2v) is 6.22. The molecule has 6 N–H and O–H groups in total. The Morgan fingerprint density at radius 3 is 1.25 bits per heavy atom. The molecule has 164 valence electrons. The number of carbonyl (C=O) groups is 1. The topological polar surface area (TPSA) is 162 Å². The fraction of sp³-hybridized carbons (Fsp3) is 0.421. The number of quaternary nitrogens is 2. The summed E-state index contributed by atoms with van der Waals surface area (Å²) in [6, 6.07) is 0.954. The molecule has 0 fully saturated rings. The maximum atomic E-state index is 9.45. The highest BCUT2D eigenvalue weighted by molar-refractivity contribution is 7.80. The van der Waals surface area contributed by atoms with Crippen LogP contribution < -0.4 is 16.6 Å². The highest BCUT2D eigenvalue weighted by Gasteiger charge is 1.97. The molecular weight excluding hydrogens is 384 g/mol. The fourth-order valence-electron chi connectivity index (χ4n) is 1.28. The van der Waals surface area contributed by atoms with Gasteiger partial charge in [-0.15, -0.1) is 26.3 Å². The van der Waals surface area contributed by atoms with E-state index in [0.29, 0.717) is 12.1 Å². The van der Waals surface area contributed by atoms with Crippen molar-refractivity contribution in [3.63, 3.8) is 0 Å². The lowest BCUT2D eigenvalue weighted by atomic mass is 10.1. The summed E-state index contributed by atoms with van der Waals surface area (Å²) in [4.78, 5) is 9.14. The molecule has 0 radical (unpaired) electrons. The van der Waals surface area contributed by atoms with Crippen molar-refractivity contribution in [2.45, 2.75) is 44.7 Å². The zero-order valence-corrected chi connectivity index (χ0v) is 17.7. The van der Waals surface area contributed by atoms with E-state index in [0.717, 1.165) is 31.8 Å². The number of carbonyl (C=O) groups excluding carboxylic acids is 1. The quantitative estimate of drug-likeness (QED) is 0.205. The number of carboxylic acids is 1. The van der Waals surface area contributed by atoms with Gasteiger partial charge in [-0.25, -0.2) is 8.42 Å². The van der Waals surface area contributed by atoms with Crippen LogP contribution in [-0.2, 0) is 19.4 Å². The molecule has 8 nitrogen and oxygen atoms in total. The van der Waals surface area contributed by atoms with Crippen LogP contribution in [0.15, 0.2) is 63.3 Å². The van der Waals surface area contributed by atoms with Gasteiger partial charge in [0.15, 0.2) is 0 Å². The van der Waals surface area contributed by atoms with Gasteiger partial charge in [0.1, 0.15) is 0 Å². The Morgan fingerprint density at radius 2 is 1.18 bits per heavy atom. The third kappa shape index (κ3) is 49.6. The molecule has 9 heteroatoms. The van der Waals surface area contributed by atoms with Gasteiger partial charge in [0.2, 0.25) is 10.4 Å². The number of carboxylic acid groups (broad SMARTS) is 1. The smallest absolute Gasteiger partial charge is 0.217 e. The molecule has 0 spiro atoms. The van der Waals surface area contributed by atoms with E-state index in [4.69, 9.17) is 9.90 Å². The molecule has 0 unspecified atom stereocenters. The first-order chi connectivity index (χ1) is 12.9. The van der Waals surface area contributed by atoms with Gasteiger partial charge in [-0.3, -0.25) is 4.18 Å². The molecule has 0 aliphatic rings. The van der Waals surface area contributed by atoms with Gasteiger partial charge in [-0.2, -0.15) is 0 Å². The summed E-state index contributed by atoms with van der Waals surface area (Å²) < 4.78 is 32.0. The summed E-state index contributed by atoms with van der Waals surface area (Å²) in [5.74, 6) is -1.23. The van der Waals surface area contributed by atoms with Gasteiger partial charge < -0.3 is 25.9 Å². The molecule has 0 aromatic rings. The average molecular weight is 421 g/mol. The number of hydrogen-bond acceptors (Lipinski definition) is 6. The minimum atomic E-state index is -4.42. The third-order valence-electron chi connectivity index (χ3n) is 2.43. The summed E-state index contributed by atoms with van der Waals surface area (Å²) in [5.41, 5.74) is 7.75. The summed E-state index contributed by atoms with van der Waals surface area (Å²) in [5, 5.41) is 9.14. The van der Waals surface area contributed by atoms with Crippen LogP contribution in [-0.4, -0.2) is 37.6 Å². The Balaban J connectivity index is -0.000000139. The van der Waals surface area contributed by atoms with E-state index in [1.807, 2.05) is 24.3 Å². The van der Waals surface area contributed by atoms with Crippen molar-refractivity contribution in [2.24, 2.45) is 0 Å². The molecule has 0 aliphatic carbocycles. The lowest BCUT2D eigenvalue weighted by Crippen LogP contribution is -2.60. The van der Waals surface area contributed by atoms with Crippen LogP contribution in [0.1, 0.15) is 32.6 Å². The van der Waals surface area contributed by atoms with Crippen LogP contribution >= 0.6 is 0 Å². The SMILES string of the molecule is C=CC(=O)[O-].C=CCC([NH3+])CC=C.C=CCC([NH3+])CC=C.CCOS(=O)(=O)[O-]. The van der Waals surface area contributed by atoms with Crippen LogP contribution in [0.3, 0.4) is 0 Å². The molecular formula is C19H36N2O6S. The summed E-state index contributed by atoms with van der Waals surface area (Å²) >= 11 is 0. The van der Waals surface area contributed by atoms with Crippen molar-refractivity contribution in [1.82, 2.24) is 0 Å². The number of aliphatic carboxylic acids is 1. The molecule has 0 saturated carbocycles. The van der Waals surface area contributed by atoms with Crippen molar-refractivity contribution in [2.75, 3.05) is 6.61 Å². The van der Waals surface area contributed by atoms with E-state index in [2.05, 4.69) is 48.5 Å². The van der Waals surface area contributed by atoms with Crippen LogP contribution in [0.25, 0.3) is 0 Å². The molecule has 0 amide bonds. The number of hydrogen-bond donors (Lipinski definition) is 2. The van der Waals surface area contributed by atoms with E-state index in [9.17, 15) is 13.0 Å². The van der Waals surface area contributed by atoms with Crippen molar-refractivity contribution in [3.8, 4) is 0 Å². The van der Waals surface area contributed by atoms with Crippen LogP contribution in [0.2, 0.25) is 0 Å². The Morgan fingerprint density at radius 1 is 0.929 bits per heavy atom. The van der Waals surface area contributed by atoms with Crippen LogP contribution in [0, 0.1) is 0 Å². The lowest BCUT2D eigenvalue weighted by Gasteiger charge is -2.02. The minimum Gasteiger partial charge on any atom is -0.726 e. The monoisotopic (exact) mass is 420 g/mol. The largest absolute Gasteiger partial charge is 0.726 e. The Kier molecular flexibility index (Phi) is 29.9. The Hall–Kier alpha value is -2.04. The molecule has 28 heavy (non-hydrogen) atoms. The first kappa shape index (κ1) is 33.5. The zero-order valence-electron chi connectivity index (χ0n) is 16.9. The van der Waals surface area contributed by atoms with Gasteiger partial charge in [0, 0.05) is 25.7 Å². The molecule has 0 saturated heterocycles. The van der Waals surface area contributed by atoms with Gasteiger partial charge in [-0.05, 0) is 13.0 Å². The van der Waals surface area contributed by atoms with Crippen LogP contribution in [0.5, 0.6) is 0 Å². The maximum Gasteiger partial charge on any atom is 0.217 e. The zero-order chi connectivity index (χ0) is 23.0. The molecule has 0 aliphatic heterocycles. The predicted octanol–water partition coefficient (Wildman–Crippen LogP) is -0.0964. The van der Waals surface area contributed by atoms with E-state index in [1.54, 1.807) is 0 Å². The summed E-state index contributed by atoms with van der Waals surface area (Å²) in [6.07, 6.45) is 12.3. The summed E-state index contributed by atoms with van der Waals surface area (Å²) in [7, 11) is -4.42. The molecule has 0 aromatic carbocycles. The predicted molar refractivity (Wildman–Crippen MR) is 109 cm³/mol. The van der Waals surface area contributed by atoms with Gasteiger partial charge >= 0.3 is 0 Å².